The van der Waals surface area contributed by atoms with Gasteiger partial charge in [0.15, 0.2) is 0 Å². The van der Waals surface area contributed by atoms with E-state index in [4.69, 9.17) is 21.1 Å². The van der Waals surface area contributed by atoms with E-state index in [1.54, 1.807) is 24.3 Å². The average molecular weight is 269 g/mol. The molecule has 2 rings (SSSR count). The zero-order chi connectivity index (χ0) is 13.1. The van der Waals surface area contributed by atoms with Crippen LogP contribution in [-0.2, 0) is 17.8 Å². The molecular weight excluding hydrogens is 260 g/mol. The first-order valence-corrected chi connectivity index (χ1v) is 5.46. The van der Waals surface area contributed by atoms with E-state index in [1.165, 1.54) is 0 Å². The van der Waals surface area contributed by atoms with Gasteiger partial charge in [0.2, 0.25) is 5.89 Å². The maximum Gasteiger partial charge on any atom is 0.437 e. The highest BCUT2D eigenvalue weighted by Gasteiger charge is 2.12. The Morgan fingerprint density at radius 1 is 1.44 bits per heavy atom. The van der Waals surface area contributed by atoms with Gasteiger partial charge < -0.3 is 9.52 Å². The van der Waals surface area contributed by atoms with Crippen LogP contribution in [0.1, 0.15) is 11.5 Å². The minimum absolute atomic E-state index is 0.134. The molecule has 0 saturated carbocycles. The summed E-state index contributed by atoms with van der Waals surface area (Å²) in [4.78, 5) is 21.8. The van der Waals surface area contributed by atoms with E-state index in [0.717, 1.165) is 10.2 Å². The van der Waals surface area contributed by atoms with Gasteiger partial charge in [0.1, 0.15) is 6.54 Å². The molecule has 0 bridgehead atoms. The van der Waals surface area contributed by atoms with Crippen molar-refractivity contribution in [3.05, 3.63) is 51.3 Å². The van der Waals surface area contributed by atoms with Crippen molar-refractivity contribution in [2.45, 2.75) is 13.0 Å². The summed E-state index contributed by atoms with van der Waals surface area (Å²) in [7, 11) is 0. The minimum atomic E-state index is -1.16. The molecule has 0 amide bonds. The Bertz CT molecular complexity index is 632. The van der Waals surface area contributed by atoms with Gasteiger partial charge in [-0.1, -0.05) is 29.8 Å². The Morgan fingerprint density at radius 2 is 2.17 bits per heavy atom. The molecular formula is C11H9ClN2O4. The molecule has 0 spiro atoms. The highest BCUT2D eigenvalue weighted by molar-refractivity contribution is 6.31. The third-order valence-corrected chi connectivity index (χ3v) is 2.60. The van der Waals surface area contributed by atoms with Crippen LogP contribution in [0, 0.1) is 0 Å². The third-order valence-electron chi connectivity index (χ3n) is 2.23. The fraction of sp³-hybridized carbons (Fsp3) is 0.182. The van der Waals surface area contributed by atoms with E-state index in [1.807, 2.05) is 0 Å². The van der Waals surface area contributed by atoms with Crippen molar-refractivity contribution in [1.29, 1.82) is 0 Å². The number of rotatable bonds is 4. The molecule has 2 aromatic rings. The molecule has 6 nitrogen and oxygen atoms in total. The van der Waals surface area contributed by atoms with Crippen molar-refractivity contribution in [2.75, 3.05) is 0 Å². The zero-order valence-corrected chi connectivity index (χ0v) is 9.92. The maximum absolute atomic E-state index is 11.3. The number of aromatic nitrogens is 2. The second-order valence-corrected chi connectivity index (χ2v) is 3.99. The van der Waals surface area contributed by atoms with E-state index < -0.39 is 18.3 Å². The molecule has 7 heteroatoms. The van der Waals surface area contributed by atoms with Crippen molar-refractivity contribution in [3.8, 4) is 0 Å². The highest BCUT2D eigenvalue weighted by Crippen LogP contribution is 2.17. The molecule has 1 aromatic heterocycles. The average Bonchev–Trinajstić information content (AvgIpc) is 2.62. The lowest BCUT2D eigenvalue weighted by Crippen LogP contribution is -2.20. The van der Waals surface area contributed by atoms with E-state index in [0.29, 0.717) is 5.02 Å². The lowest BCUT2D eigenvalue weighted by atomic mass is 10.1. The fourth-order valence-electron chi connectivity index (χ4n) is 1.45. The molecule has 0 saturated heterocycles. The molecule has 1 N–H and O–H groups in total. The number of carbonyl (C=O) groups is 1. The first-order valence-electron chi connectivity index (χ1n) is 5.08. The van der Waals surface area contributed by atoms with Gasteiger partial charge in [-0.05, 0) is 11.6 Å². The van der Waals surface area contributed by atoms with E-state index in [2.05, 4.69) is 5.10 Å². The topological polar surface area (TPSA) is 85.3 Å². The molecule has 1 aromatic carbocycles. The first-order chi connectivity index (χ1) is 8.56. The summed E-state index contributed by atoms with van der Waals surface area (Å²) in [6.07, 6.45) is 0.238. The van der Waals surface area contributed by atoms with Crippen LogP contribution in [-0.4, -0.2) is 20.9 Å². The van der Waals surface area contributed by atoms with Gasteiger partial charge in [-0.2, -0.15) is 4.68 Å². The van der Waals surface area contributed by atoms with Crippen LogP contribution in [0.2, 0.25) is 5.02 Å². The number of hydrogen-bond acceptors (Lipinski definition) is 4. The summed E-state index contributed by atoms with van der Waals surface area (Å²) in [6, 6.07) is 7.07. The zero-order valence-electron chi connectivity index (χ0n) is 9.17. The molecule has 0 radical (unpaired) electrons. The van der Waals surface area contributed by atoms with Gasteiger partial charge in [0.25, 0.3) is 0 Å². The van der Waals surface area contributed by atoms with Gasteiger partial charge in [-0.15, -0.1) is 5.10 Å². The van der Waals surface area contributed by atoms with Crippen LogP contribution in [0.4, 0.5) is 0 Å². The number of nitrogens with zero attached hydrogens (tertiary/aromatic N) is 2. The molecule has 0 aliphatic heterocycles. The quantitative estimate of drug-likeness (QED) is 0.899. The van der Waals surface area contributed by atoms with E-state index >= 15 is 0 Å². The second-order valence-electron chi connectivity index (χ2n) is 3.58. The summed E-state index contributed by atoms with van der Waals surface area (Å²) in [5, 5.41) is 12.9. The van der Waals surface area contributed by atoms with Crippen LogP contribution >= 0.6 is 11.6 Å². The van der Waals surface area contributed by atoms with Crippen molar-refractivity contribution < 1.29 is 14.3 Å². The van der Waals surface area contributed by atoms with Crippen LogP contribution in [0.5, 0.6) is 0 Å². The summed E-state index contributed by atoms with van der Waals surface area (Å²) < 4.78 is 5.61. The standard InChI is InChI=1S/C11H9ClN2O4/c12-8-4-2-1-3-7(8)5-9-13-14(6-10(15)16)11(17)18-9/h1-4H,5-6H2,(H,15,16). The summed E-state index contributed by atoms with van der Waals surface area (Å²) in [6.45, 7) is -0.523. The van der Waals surface area contributed by atoms with Crippen LogP contribution < -0.4 is 5.76 Å². The van der Waals surface area contributed by atoms with Crippen molar-refractivity contribution >= 4 is 17.6 Å². The Balaban J connectivity index is 2.23. The predicted octanol–water partition coefficient (Wildman–Crippen LogP) is 1.17. The van der Waals surface area contributed by atoms with Crippen LogP contribution in [0.25, 0.3) is 0 Å². The molecule has 1 heterocycles. The monoisotopic (exact) mass is 268 g/mol. The first kappa shape index (κ1) is 12.4. The molecule has 0 unspecified atom stereocenters. The molecule has 18 heavy (non-hydrogen) atoms. The van der Waals surface area contributed by atoms with Crippen LogP contribution in [0.15, 0.2) is 33.5 Å². The lowest BCUT2D eigenvalue weighted by molar-refractivity contribution is -0.138. The molecule has 0 aliphatic carbocycles. The SMILES string of the molecule is O=C(O)Cn1nc(Cc2ccccc2Cl)oc1=O. The highest BCUT2D eigenvalue weighted by atomic mass is 35.5. The smallest absolute Gasteiger partial charge is 0.437 e. The van der Waals surface area contributed by atoms with Gasteiger partial charge >= 0.3 is 11.7 Å². The summed E-state index contributed by atoms with van der Waals surface area (Å²) >= 11 is 5.96. The van der Waals surface area contributed by atoms with Gasteiger partial charge in [-0.3, -0.25) is 4.79 Å². The molecule has 0 aliphatic rings. The second kappa shape index (κ2) is 5.05. The molecule has 0 atom stereocenters. The Morgan fingerprint density at radius 3 is 2.83 bits per heavy atom. The number of carboxylic acid groups (broad SMARTS) is 1. The van der Waals surface area contributed by atoms with Crippen molar-refractivity contribution in [2.24, 2.45) is 0 Å². The van der Waals surface area contributed by atoms with Gasteiger partial charge in [-0.25, -0.2) is 4.79 Å². The molecule has 0 fully saturated rings. The number of aliphatic carboxylic acids is 1. The Hall–Kier alpha value is -2.08. The maximum atomic E-state index is 11.3. The largest absolute Gasteiger partial charge is 0.480 e. The van der Waals surface area contributed by atoms with Crippen LogP contribution in [0.3, 0.4) is 0 Å². The number of benzene rings is 1. The minimum Gasteiger partial charge on any atom is -0.480 e. The van der Waals surface area contributed by atoms with Gasteiger partial charge in [0.05, 0.1) is 6.42 Å². The fourth-order valence-corrected chi connectivity index (χ4v) is 1.66. The predicted molar refractivity (Wildman–Crippen MR) is 62.7 cm³/mol. The van der Waals surface area contributed by atoms with Gasteiger partial charge in [0, 0.05) is 5.02 Å². The lowest BCUT2D eigenvalue weighted by Gasteiger charge is -1.99. The summed E-state index contributed by atoms with van der Waals surface area (Å²) in [5.41, 5.74) is 0.753. The van der Waals surface area contributed by atoms with E-state index in [9.17, 15) is 9.59 Å². The Kier molecular flexibility index (Phi) is 3.47. The number of halogens is 1. The van der Waals surface area contributed by atoms with Crippen molar-refractivity contribution in [1.82, 2.24) is 9.78 Å². The normalized spacial score (nSPS) is 10.5. The summed E-state index contributed by atoms with van der Waals surface area (Å²) in [5.74, 6) is -1.82. The number of hydrogen-bond donors (Lipinski definition) is 1. The third kappa shape index (κ3) is 2.78. The molecule has 94 valence electrons. The van der Waals surface area contributed by atoms with E-state index in [-0.39, 0.29) is 12.3 Å². The Labute approximate surface area is 106 Å². The number of carboxylic acids is 1. The van der Waals surface area contributed by atoms with Crippen molar-refractivity contribution in [3.63, 3.8) is 0 Å².